The summed E-state index contributed by atoms with van der Waals surface area (Å²) in [6, 6.07) is 22.2. The summed E-state index contributed by atoms with van der Waals surface area (Å²) in [5.74, 6) is -0.544. The number of amides is 1. The second-order valence-corrected chi connectivity index (χ2v) is 9.43. The Morgan fingerprint density at radius 2 is 1.68 bits per heavy atom. The molecule has 2 N–H and O–H groups in total. The predicted octanol–water partition coefficient (Wildman–Crippen LogP) is 3.84. The zero-order valence-corrected chi connectivity index (χ0v) is 19.1. The van der Waals surface area contributed by atoms with Gasteiger partial charge in [0.15, 0.2) is 0 Å². The van der Waals surface area contributed by atoms with E-state index in [2.05, 4.69) is 16.9 Å². The van der Waals surface area contributed by atoms with Crippen molar-refractivity contribution < 1.29 is 13.2 Å². The molecule has 172 valence electrons. The molecule has 0 aliphatic carbocycles. The first-order valence-electron chi connectivity index (χ1n) is 10.6. The number of rotatable bonds is 8. The lowest BCUT2D eigenvalue weighted by Gasteiger charge is -2.23. The Kier molecular flexibility index (Phi) is 6.60. The van der Waals surface area contributed by atoms with Gasteiger partial charge in [-0.2, -0.15) is 0 Å². The molecule has 1 heterocycles. The number of benzene rings is 3. The number of para-hydroxylation sites is 1. The molecule has 0 fully saturated rings. The number of nitrogens with zero attached hydrogens (tertiary/aromatic N) is 1. The van der Waals surface area contributed by atoms with Gasteiger partial charge in [-0.25, -0.2) is 8.42 Å². The smallest absolute Gasteiger partial charge is 0.264 e. The summed E-state index contributed by atoms with van der Waals surface area (Å²) in [4.78, 5) is 28.7. The topological polar surface area (TPSA) is 99.3 Å². The molecule has 0 aliphatic rings. The zero-order valence-electron chi connectivity index (χ0n) is 18.3. The van der Waals surface area contributed by atoms with E-state index in [0.717, 1.165) is 5.56 Å². The van der Waals surface area contributed by atoms with Gasteiger partial charge in [0.25, 0.3) is 15.9 Å². The summed E-state index contributed by atoms with van der Waals surface area (Å²) in [5, 5.41) is 2.84. The SMILES string of the molecule is C=CCN(c1ccccc1)S(=O)(=O)c1ccc2[nH]cc(C(=O)NCc3ccccc3)c(=O)c2c1. The third kappa shape index (κ3) is 4.62. The number of sulfonamides is 1. The van der Waals surface area contributed by atoms with Crippen molar-refractivity contribution in [3.63, 3.8) is 0 Å². The van der Waals surface area contributed by atoms with Gasteiger partial charge in [0.2, 0.25) is 5.43 Å². The van der Waals surface area contributed by atoms with Crippen LogP contribution < -0.4 is 15.1 Å². The number of aromatic amines is 1. The van der Waals surface area contributed by atoms with Gasteiger partial charge in [0, 0.05) is 23.6 Å². The van der Waals surface area contributed by atoms with Gasteiger partial charge in [0.1, 0.15) is 5.56 Å². The standard InChI is InChI=1S/C26H23N3O4S/c1-2-15-29(20-11-7-4-8-12-20)34(32,33)21-13-14-24-22(16-21)25(30)23(18-27-24)26(31)28-17-19-9-5-3-6-10-19/h2-14,16,18H,1,15,17H2,(H,27,30)(H,28,31). The van der Waals surface area contributed by atoms with Crippen molar-refractivity contribution >= 4 is 32.5 Å². The molecule has 0 bridgehead atoms. The number of aromatic nitrogens is 1. The molecule has 0 unspecified atom stereocenters. The number of anilines is 1. The molecule has 0 atom stereocenters. The van der Waals surface area contributed by atoms with E-state index >= 15 is 0 Å². The lowest BCUT2D eigenvalue weighted by atomic mass is 10.1. The summed E-state index contributed by atoms with van der Waals surface area (Å²) < 4.78 is 28.1. The number of nitrogens with one attached hydrogen (secondary N) is 2. The molecular formula is C26H23N3O4S. The van der Waals surface area contributed by atoms with Crippen LogP contribution in [0.2, 0.25) is 0 Å². The highest BCUT2D eigenvalue weighted by atomic mass is 32.2. The summed E-state index contributed by atoms with van der Waals surface area (Å²) in [6.45, 7) is 3.98. The first kappa shape index (κ1) is 23.0. The van der Waals surface area contributed by atoms with Crippen LogP contribution >= 0.6 is 0 Å². The highest BCUT2D eigenvalue weighted by molar-refractivity contribution is 7.92. The van der Waals surface area contributed by atoms with E-state index < -0.39 is 21.4 Å². The number of hydrogen-bond donors (Lipinski definition) is 2. The van der Waals surface area contributed by atoms with Crippen LogP contribution in [0.15, 0.2) is 107 Å². The summed E-state index contributed by atoms with van der Waals surface area (Å²) >= 11 is 0. The first-order chi connectivity index (χ1) is 16.4. The van der Waals surface area contributed by atoms with Crippen LogP contribution in [0.3, 0.4) is 0 Å². The maximum atomic E-state index is 13.4. The Bertz CT molecular complexity index is 1500. The average molecular weight is 474 g/mol. The molecular weight excluding hydrogens is 450 g/mol. The lowest BCUT2D eigenvalue weighted by molar-refractivity contribution is 0.0949. The number of H-pyrrole nitrogens is 1. The molecule has 3 aromatic carbocycles. The zero-order chi connectivity index (χ0) is 24.1. The molecule has 0 radical (unpaired) electrons. The Hall–Kier alpha value is -4.17. The van der Waals surface area contributed by atoms with Crippen molar-refractivity contribution in [2.45, 2.75) is 11.4 Å². The van der Waals surface area contributed by atoms with Crippen LogP contribution in [0.25, 0.3) is 10.9 Å². The minimum absolute atomic E-state index is 0.0574. The monoisotopic (exact) mass is 473 g/mol. The summed E-state index contributed by atoms with van der Waals surface area (Å²) in [6.07, 6.45) is 2.83. The van der Waals surface area contributed by atoms with Crippen LogP contribution in [0.4, 0.5) is 5.69 Å². The minimum Gasteiger partial charge on any atom is -0.360 e. The van der Waals surface area contributed by atoms with Crippen molar-refractivity contribution in [2.24, 2.45) is 0 Å². The fourth-order valence-electron chi connectivity index (χ4n) is 3.58. The molecule has 7 nitrogen and oxygen atoms in total. The van der Waals surface area contributed by atoms with Crippen LogP contribution in [0.1, 0.15) is 15.9 Å². The van der Waals surface area contributed by atoms with Crippen LogP contribution in [0, 0.1) is 0 Å². The molecule has 4 aromatic rings. The van der Waals surface area contributed by atoms with Gasteiger partial charge in [-0.05, 0) is 35.9 Å². The van der Waals surface area contributed by atoms with Crippen molar-refractivity contribution in [1.82, 2.24) is 10.3 Å². The minimum atomic E-state index is -4.00. The van der Waals surface area contributed by atoms with Gasteiger partial charge in [0.05, 0.1) is 17.1 Å². The van der Waals surface area contributed by atoms with Gasteiger partial charge in [-0.3, -0.25) is 13.9 Å². The molecule has 0 aliphatic heterocycles. The third-order valence-corrected chi connectivity index (χ3v) is 7.11. The number of pyridine rings is 1. The number of carbonyl (C=O) groups is 1. The molecule has 1 aromatic heterocycles. The second kappa shape index (κ2) is 9.76. The molecule has 4 rings (SSSR count). The Morgan fingerprint density at radius 1 is 1.00 bits per heavy atom. The maximum Gasteiger partial charge on any atom is 0.264 e. The highest BCUT2D eigenvalue weighted by Gasteiger charge is 2.25. The molecule has 0 saturated carbocycles. The van der Waals surface area contributed by atoms with Crippen LogP contribution in [0.5, 0.6) is 0 Å². The molecule has 0 spiro atoms. The average Bonchev–Trinajstić information content (AvgIpc) is 2.87. The Labute approximate surface area is 197 Å². The van der Waals surface area contributed by atoms with Crippen molar-refractivity contribution in [1.29, 1.82) is 0 Å². The number of carbonyl (C=O) groups excluding carboxylic acids is 1. The van der Waals surface area contributed by atoms with E-state index in [0.29, 0.717) is 11.2 Å². The van der Waals surface area contributed by atoms with E-state index in [1.165, 1.54) is 34.8 Å². The predicted molar refractivity (Wildman–Crippen MR) is 133 cm³/mol. The fourth-order valence-corrected chi connectivity index (χ4v) is 5.04. The molecule has 0 saturated heterocycles. The van der Waals surface area contributed by atoms with E-state index in [-0.39, 0.29) is 28.9 Å². The van der Waals surface area contributed by atoms with Crippen molar-refractivity contribution in [2.75, 3.05) is 10.8 Å². The van der Waals surface area contributed by atoms with Gasteiger partial charge < -0.3 is 10.3 Å². The van der Waals surface area contributed by atoms with Crippen molar-refractivity contribution in [3.05, 3.63) is 119 Å². The van der Waals surface area contributed by atoms with Crippen molar-refractivity contribution in [3.8, 4) is 0 Å². The molecule has 34 heavy (non-hydrogen) atoms. The Morgan fingerprint density at radius 3 is 2.35 bits per heavy atom. The fraction of sp³-hybridized carbons (Fsp3) is 0.0769. The second-order valence-electron chi connectivity index (χ2n) is 7.57. The number of fused-ring (bicyclic) bond motifs is 1. The first-order valence-corrected chi connectivity index (χ1v) is 12.0. The quantitative estimate of drug-likeness (QED) is 0.380. The van der Waals surface area contributed by atoms with Crippen LogP contribution in [-0.4, -0.2) is 25.9 Å². The van der Waals surface area contributed by atoms with Gasteiger partial charge in [-0.15, -0.1) is 6.58 Å². The summed E-state index contributed by atoms with van der Waals surface area (Å²) in [5.41, 5.74) is 1.16. The van der Waals surface area contributed by atoms with E-state index in [1.807, 2.05) is 30.3 Å². The van der Waals surface area contributed by atoms with Gasteiger partial charge in [-0.1, -0.05) is 54.6 Å². The Balaban J connectivity index is 1.70. The normalized spacial score (nSPS) is 11.2. The highest BCUT2D eigenvalue weighted by Crippen LogP contribution is 2.25. The summed E-state index contributed by atoms with van der Waals surface area (Å²) in [7, 11) is -4.00. The van der Waals surface area contributed by atoms with E-state index in [1.54, 1.807) is 30.3 Å². The maximum absolute atomic E-state index is 13.4. The van der Waals surface area contributed by atoms with E-state index in [4.69, 9.17) is 0 Å². The van der Waals surface area contributed by atoms with Crippen LogP contribution in [-0.2, 0) is 16.6 Å². The number of hydrogen-bond acceptors (Lipinski definition) is 4. The van der Waals surface area contributed by atoms with Gasteiger partial charge >= 0.3 is 0 Å². The molecule has 8 heteroatoms. The third-order valence-electron chi connectivity index (χ3n) is 5.32. The van der Waals surface area contributed by atoms with E-state index in [9.17, 15) is 18.0 Å². The molecule has 1 amide bonds. The largest absolute Gasteiger partial charge is 0.360 e. The lowest BCUT2D eigenvalue weighted by Crippen LogP contribution is -2.31.